The van der Waals surface area contributed by atoms with Crippen LogP contribution in [0.3, 0.4) is 0 Å². The molecule has 6 heteroatoms. The van der Waals surface area contributed by atoms with E-state index in [4.69, 9.17) is 0 Å². The van der Waals surface area contributed by atoms with Gasteiger partial charge in [-0.2, -0.15) is 9.49 Å². The van der Waals surface area contributed by atoms with E-state index in [0.29, 0.717) is 12.4 Å². The van der Waals surface area contributed by atoms with E-state index < -0.39 is 5.95 Å². The number of fused-ring (bicyclic) bond motifs is 1. The van der Waals surface area contributed by atoms with Gasteiger partial charge in [-0.25, -0.2) is 4.98 Å². The Morgan fingerprint density at radius 3 is 2.85 bits per heavy atom. The van der Waals surface area contributed by atoms with E-state index in [2.05, 4.69) is 39.3 Å². The maximum atomic E-state index is 14.1. The van der Waals surface area contributed by atoms with Crippen molar-refractivity contribution in [3.8, 4) is 11.3 Å². The molecule has 27 heavy (non-hydrogen) atoms. The number of pyridine rings is 2. The molecule has 0 bridgehead atoms. The van der Waals surface area contributed by atoms with Crippen LogP contribution in [0.1, 0.15) is 37.1 Å². The molecule has 0 aliphatic heterocycles. The average molecular weight is 365 g/mol. The quantitative estimate of drug-likeness (QED) is 0.666. The third-order valence-corrected chi connectivity index (χ3v) is 5.20. The number of halogens is 1. The second kappa shape index (κ2) is 7.10. The number of hydrogen-bond donors (Lipinski definition) is 2. The molecule has 0 spiro atoms. The third-order valence-electron chi connectivity index (χ3n) is 5.20. The summed E-state index contributed by atoms with van der Waals surface area (Å²) in [7, 11) is 0. The number of aromatic nitrogens is 4. The normalized spacial score (nSPS) is 15.4. The first-order chi connectivity index (χ1) is 13.0. The van der Waals surface area contributed by atoms with Crippen molar-refractivity contribution in [2.75, 3.05) is 11.9 Å². The van der Waals surface area contributed by atoms with Crippen LogP contribution in [-0.4, -0.2) is 26.7 Å². The predicted octanol–water partition coefficient (Wildman–Crippen LogP) is 4.18. The smallest absolute Gasteiger partial charge is 0.215 e. The molecule has 0 unspecified atom stereocenters. The van der Waals surface area contributed by atoms with Gasteiger partial charge in [0, 0.05) is 41.8 Å². The summed E-state index contributed by atoms with van der Waals surface area (Å²) < 4.78 is 14.1. The molecule has 140 valence electrons. The lowest BCUT2D eigenvalue weighted by Crippen LogP contribution is -2.21. The van der Waals surface area contributed by atoms with E-state index in [-0.39, 0.29) is 5.41 Å². The number of H-pyrrole nitrogens is 1. The number of anilines is 1. The largest absolute Gasteiger partial charge is 0.370 e. The van der Waals surface area contributed by atoms with Crippen LogP contribution < -0.4 is 5.32 Å². The highest BCUT2D eigenvalue weighted by molar-refractivity contribution is 5.67. The van der Waals surface area contributed by atoms with Crippen molar-refractivity contribution in [1.82, 2.24) is 20.2 Å². The Balaban J connectivity index is 1.52. The Morgan fingerprint density at radius 1 is 1.22 bits per heavy atom. The van der Waals surface area contributed by atoms with Gasteiger partial charge in [0.25, 0.3) is 0 Å². The monoisotopic (exact) mass is 365 g/mol. The van der Waals surface area contributed by atoms with E-state index in [9.17, 15) is 4.39 Å². The lowest BCUT2D eigenvalue weighted by Gasteiger charge is -2.29. The molecule has 1 aliphatic rings. The first-order valence-corrected chi connectivity index (χ1v) is 9.37. The Morgan fingerprint density at radius 2 is 2.04 bits per heavy atom. The molecule has 0 aromatic carbocycles. The summed E-state index contributed by atoms with van der Waals surface area (Å²) in [6.45, 7) is 5.22. The zero-order valence-electron chi connectivity index (χ0n) is 15.7. The molecule has 5 nitrogen and oxygen atoms in total. The Hall–Kier alpha value is -2.76. The van der Waals surface area contributed by atoms with Crippen LogP contribution in [-0.2, 0) is 19.3 Å². The number of aromatic amines is 1. The third kappa shape index (κ3) is 3.99. The first kappa shape index (κ1) is 17.6. The summed E-state index contributed by atoms with van der Waals surface area (Å²) in [5, 5.41) is 10.9. The number of nitrogens with one attached hydrogen (secondary N) is 2. The minimum absolute atomic E-state index is 0.278. The number of nitrogens with zero attached hydrogens (tertiary/aromatic N) is 3. The highest BCUT2D eigenvalue weighted by atomic mass is 19.1. The molecule has 3 aromatic heterocycles. The summed E-state index contributed by atoms with van der Waals surface area (Å²) in [4.78, 5) is 8.00. The van der Waals surface area contributed by atoms with Crippen molar-refractivity contribution in [2.24, 2.45) is 5.41 Å². The molecule has 0 saturated heterocycles. The summed E-state index contributed by atoms with van der Waals surface area (Å²) in [5.41, 5.74) is 5.46. The van der Waals surface area contributed by atoms with Crippen LogP contribution in [0.15, 0.2) is 36.7 Å². The van der Waals surface area contributed by atoms with Crippen molar-refractivity contribution in [3.63, 3.8) is 0 Å². The molecule has 0 atom stereocenters. The fourth-order valence-corrected chi connectivity index (χ4v) is 3.69. The minimum Gasteiger partial charge on any atom is -0.370 e. The minimum atomic E-state index is -0.494. The maximum Gasteiger partial charge on any atom is 0.215 e. The molecular weight excluding hydrogens is 341 g/mol. The first-order valence-electron chi connectivity index (χ1n) is 9.37. The topological polar surface area (TPSA) is 66.5 Å². The second-order valence-electron chi connectivity index (χ2n) is 7.97. The van der Waals surface area contributed by atoms with E-state index >= 15 is 0 Å². The van der Waals surface area contributed by atoms with Gasteiger partial charge in [-0.15, -0.1) is 0 Å². The van der Waals surface area contributed by atoms with Gasteiger partial charge in [0.05, 0.1) is 5.69 Å². The molecule has 3 aromatic rings. The summed E-state index contributed by atoms with van der Waals surface area (Å²) in [6, 6.07) is 7.29. The van der Waals surface area contributed by atoms with E-state index in [1.54, 1.807) is 12.4 Å². The van der Waals surface area contributed by atoms with Gasteiger partial charge in [-0.3, -0.25) is 10.1 Å². The molecule has 0 amide bonds. The fourth-order valence-electron chi connectivity index (χ4n) is 3.69. The zero-order chi connectivity index (χ0) is 18.9. The number of hydrogen-bond acceptors (Lipinski definition) is 4. The van der Waals surface area contributed by atoms with Crippen LogP contribution in [0.5, 0.6) is 0 Å². The van der Waals surface area contributed by atoms with Gasteiger partial charge >= 0.3 is 0 Å². The SMILES string of the molecule is CC1(C)CCc2c(-c3cc(F)nc(NCCc4ccncc4)c3)n[nH]c2C1. The van der Waals surface area contributed by atoms with Crippen molar-refractivity contribution < 1.29 is 4.39 Å². The average Bonchev–Trinajstić information content (AvgIpc) is 3.04. The molecule has 2 N–H and O–H groups in total. The van der Waals surface area contributed by atoms with Crippen LogP contribution in [0.4, 0.5) is 10.2 Å². The van der Waals surface area contributed by atoms with Gasteiger partial charge < -0.3 is 5.32 Å². The van der Waals surface area contributed by atoms with Crippen molar-refractivity contribution in [2.45, 2.75) is 39.5 Å². The van der Waals surface area contributed by atoms with Crippen LogP contribution >= 0.6 is 0 Å². The van der Waals surface area contributed by atoms with Gasteiger partial charge in [-0.1, -0.05) is 13.8 Å². The fraction of sp³-hybridized carbons (Fsp3) is 0.381. The highest BCUT2D eigenvalue weighted by Crippen LogP contribution is 2.38. The molecule has 0 saturated carbocycles. The standard InChI is InChI=1S/C21H24FN5/c1-21(2)7-3-16-17(13-21)26-27-20(16)15-11-18(22)25-19(12-15)24-10-6-14-4-8-23-9-5-14/h4-5,8-9,11-12H,3,6-7,10,13H2,1-2H3,(H,24,25)(H,26,27). The predicted molar refractivity (Wildman–Crippen MR) is 104 cm³/mol. The van der Waals surface area contributed by atoms with E-state index in [1.807, 2.05) is 18.2 Å². The van der Waals surface area contributed by atoms with Crippen molar-refractivity contribution >= 4 is 5.82 Å². The second-order valence-corrected chi connectivity index (χ2v) is 7.97. The van der Waals surface area contributed by atoms with Crippen molar-refractivity contribution in [1.29, 1.82) is 0 Å². The molecular formula is C21H24FN5. The summed E-state index contributed by atoms with van der Waals surface area (Å²) in [6.07, 6.45) is 7.41. The van der Waals surface area contributed by atoms with Crippen LogP contribution in [0, 0.1) is 11.4 Å². The van der Waals surface area contributed by atoms with Crippen molar-refractivity contribution in [3.05, 3.63) is 59.4 Å². The molecule has 3 heterocycles. The Bertz CT molecular complexity index is 933. The van der Waals surface area contributed by atoms with Crippen LogP contribution in [0.2, 0.25) is 0 Å². The summed E-state index contributed by atoms with van der Waals surface area (Å²) >= 11 is 0. The Kier molecular flexibility index (Phi) is 4.64. The maximum absolute atomic E-state index is 14.1. The highest BCUT2D eigenvalue weighted by Gasteiger charge is 2.29. The lowest BCUT2D eigenvalue weighted by atomic mass is 9.76. The zero-order valence-corrected chi connectivity index (χ0v) is 15.7. The van der Waals surface area contributed by atoms with E-state index in [1.165, 1.54) is 22.9 Å². The molecule has 0 radical (unpaired) electrons. The van der Waals surface area contributed by atoms with Gasteiger partial charge in [0.1, 0.15) is 5.82 Å². The lowest BCUT2D eigenvalue weighted by molar-refractivity contribution is 0.312. The van der Waals surface area contributed by atoms with Gasteiger partial charge in [0.2, 0.25) is 5.95 Å². The molecule has 4 rings (SSSR count). The van der Waals surface area contributed by atoms with Crippen LogP contribution in [0.25, 0.3) is 11.3 Å². The number of rotatable bonds is 5. The summed E-state index contributed by atoms with van der Waals surface area (Å²) in [5.74, 6) is 0.0405. The van der Waals surface area contributed by atoms with Gasteiger partial charge in [0.15, 0.2) is 0 Å². The molecule has 1 aliphatic carbocycles. The van der Waals surface area contributed by atoms with E-state index in [0.717, 1.165) is 36.9 Å². The van der Waals surface area contributed by atoms with Gasteiger partial charge in [-0.05, 0) is 54.9 Å². The Labute approximate surface area is 158 Å². The molecule has 0 fully saturated rings.